The van der Waals surface area contributed by atoms with Crippen LogP contribution in [0.2, 0.25) is 0 Å². The molecule has 2 N–H and O–H groups in total. The predicted octanol–water partition coefficient (Wildman–Crippen LogP) is 1.48. The number of alkyl halides is 1. The zero-order valence-corrected chi connectivity index (χ0v) is 8.12. The molecule has 1 atom stereocenters. The standard InChI is InChI=1S/C9H10BrNO/c10-8(9(11)12)6-7-4-2-1-3-5-7/h1-5,8H,6H2,(H2,11,12)/t8-/m1/s1. The maximum Gasteiger partial charge on any atom is 0.231 e. The first-order valence-electron chi connectivity index (χ1n) is 3.67. The molecule has 0 saturated carbocycles. The minimum absolute atomic E-state index is 0.264. The van der Waals surface area contributed by atoms with Gasteiger partial charge in [-0.25, -0.2) is 0 Å². The highest BCUT2D eigenvalue weighted by Crippen LogP contribution is 2.08. The summed E-state index contributed by atoms with van der Waals surface area (Å²) in [5, 5.41) is 0. The van der Waals surface area contributed by atoms with E-state index in [4.69, 9.17) is 5.73 Å². The van der Waals surface area contributed by atoms with Crippen LogP contribution in [-0.4, -0.2) is 10.7 Å². The first kappa shape index (κ1) is 9.26. The van der Waals surface area contributed by atoms with Crippen LogP contribution in [0.25, 0.3) is 0 Å². The minimum Gasteiger partial charge on any atom is -0.369 e. The third-order valence-corrected chi connectivity index (χ3v) is 2.34. The van der Waals surface area contributed by atoms with Crippen LogP contribution in [0, 0.1) is 0 Å². The van der Waals surface area contributed by atoms with Gasteiger partial charge in [-0.15, -0.1) is 0 Å². The summed E-state index contributed by atoms with van der Waals surface area (Å²) in [4.78, 5) is 10.4. The molecule has 1 amide bonds. The molecule has 0 radical (unpaired) electrons. The SMILES string of the molecule is NC(=O)[C@H](Br)Cc1ccccc1. The Kier molecular flexibility index (Phi) is 3.29. The Hall–Kier alpha value is -0.830. The van der Waals surface area contributed by atoms with E-state index in [1.165, 1.54) is 0 Å². The number of hydrogen-bond donors (Lipinski definition) is 1. The molecule has 0 aliphatic carbocycles. The monoisotopic (exact) mass is 227 g/mol. The second kappa shape index (κ2) is 4.26. The Morgan fingerprint density at radius 1 is 1.42 bits per heavy atom. The van der Waals surface area contributed by atoms with Gasteiger partial charge in [0, 0.05) is 0 Å². The summed E-state index contributed by atoms with van der Waals surface area (Å²) in [5.74, 6) is -0.321. The third kappa shape index (κ3) is 2.66. The molecular formula is C9H10BrNO. The van der Waals surface area contributed by atoms with Crippen molar-refractivity contribution in [3.63, 3.8) is 0 Å². The minimum atomic E-state index is -0.321. The van der Waals surface area contributed by atoms with Crippen LogP contribution in [0.4, 0.5) is 0 Å². The van der Waals surface area contributed by atoms with Gasteiger partial charge in [-0.1, -0.05) is 46.3 Å². The lowest BCUT2D eigenvalue weighted by atomic mass is 10.1. The van der Waals surface area contributed by atoms with Gasteiger partial charge in [0.05, 0.1) is 4.83 Å². The number of nitrogens with two attached hydrogens (primary N) is 1. The average molecular weight is 228 g/mol. The molecule has 0 spiro atoms. The summed E-state index contributed by atoms with van der Waals surface area (Å²) in [7, 11) is 0. The first-order valence-corrected chi connectivity index (χ1v) is 4.59. The number of benzene rings is 1. The van der Waals surface area contributed by atoms with Crippen molar-refractivity contribution >= 4 is 21.8 Å². The van der Waals surface area contributed by atoms with E-state index in [1.807, 2.05) is 30.3 Å². The molecule has 0 aromatic heterocycles. The molecule has 2 nitrogen and oxygen atoms in total. The quantitative estimate of drug-likeness (QED) is 0.782. The Bertz CT molecular complexity index is 260. The highest BCUT2D eigenvalue weighted by atomic mass is 79.9. The summed E-state index contributed by atoms with van der Waals surface area (Å²) >= 11 is 3.20. The van der Waals surface area contributed by atoms with Crippen LogP contribution < -0.4 is 5.73 Å². The van der Waals surface area contributed by atoms with Crippen molar-refractivity contribution in [2.75, 3.05) is 0 Å². The molecule has 0 aliphatic rings. The molecule has 1 aromatic carbocycles. The third-order valence-electron chi connectivity index (χ3n) is 1.57. The van der Waals surface area contributed by atoms with E-state index >= 15 is 0 Å². The van der Waals surface area contributed by atoms with E-state index in [0.29, 0.717) is 6.42 Å². The van der Waals surface area contributed by atoms with Gasteiger partial charge in [-0.2, -0.15) is 0 Å². The molecule has 12 heavy (non-hydrogen) atoms. The van der Waals surface area contributed by atoms with Crippen molar-refractivity contribution in [3.8, 4) is 0 Å². The second-order valence-corrected chi connectivity index (χ2v) is 3.66. The molecule has 0 saturated heterocycles. The van der Waals surface area contributed by atoms with Gasteiger partial charge in [-0.05, 0) is 12.0 Å². The van der Waals surface area contributed by atoms with E-state index < -0.39 is 0 Å². The fourth-order valence-corrected chi connectivity index (χ4v) is 1.30. The van der Waals surface area contributed by atoms with Gasteiger partial charge >= 0.3 is 0 Å². The number of amides is 1. The lowest BCUT2D eigenvalue weighted by Gasteiger charge is -2.04. The fraction of sp³-hybridized carbons (Fsp3) is 0.222. The van der Waals surface area contributed by atoms with E-state index in [2.05, 4.69) is 15.9 Å². The number of rotatable bonds is 3. The van der Waals surface area contributed by atoms with Crippen LogP contribution >= 0.6 is 15.9 Å². The Morgan fingerprint density at radius 3 is 2.50 bits per heavy atom. The molecule has 0 heterocycles. The molecule has 1 rings (SSSR count). The molecule has 0 aliphatic heterocycles. The van der Waals surface area contributed by atoms with E-state index in [1.54, 1.807) is 0 Å². The van der Waals surface area contributed by atoms with Gasteiger partial charge in [0.2, 0.25) is 5.91 Å². The van der Waals surface area contributed by atoms with Gasteiger partial charge in [-0.3, -0.25) is 4.79 Å². The van der Waals surface area contributed by atoms with Crippen molar-refractivity contribution in [2.24, 2.45) is 5.73 Å². The summed E-state index contributed by atoms with van der Waals surface area (Å²) in [6.45, 7) is 0. The van der Waals surface area contributed by atoms with Gasteiger partial charge in [0.25, 0.3) is 0 Å². The zero-order valence-electron chi connectivity index (χ0n) is 6.53. The van der Waals surface area contributed by atoms with Crippen LogP contribution in [0.5, 0.6) is 0 Å². The number of halogens is 1. The van der Waals surface area contributed by atoms with Crippen LogP contribution in [0.1, 0.15) is 5.56 Å². The number of primary amides is 1. The molecule has 64 valence electrons. The molecular weight excluding hydrogens is 218 g/mol. The van der Waals surface area contributed by atoms with Crippen molar-refractivity contribution in [1.29, 1.82) is 0 Å². The molecule has 0 fully saturated rings. The predicted molar refractivity (Wildman–Crippen MR) is 52.1 cm³/mol. The van der Waals surface area contributed by atoms with Crippen LogP contribution in [-0.2, 0) is 11.2 Å². The number of carbonyl (C=O) groups excluding carboxylic acids is 1. The van der Waals surface area contributed by atoms with Crippen molar-refractivity contribution in [1.82, 2.24) is 0 Å². The zero-order chi connectivity index (χ0) is 8.97. The van der Waals surface area contributed by atoms with E-state index in [9.17, 15) is 4.79 Å². The van der Waals surface area contributed by atoms with Crippen molar-refractivity contribution < 1.29 is 4.79 Å². The summed E-state index contributed by atoms with van der Waals surface area (Å²) in [5.41, 5.74) is 6.21. The molecule has 0 bridgehead atoms. The first-order chi connectivity index (χ1) is 5.70. The molecule has 3 heteroatoms. The summed E-state index contributed by atoms with van der Waals surface area (Å²) in [6, 6.07) is 9.76. The highest BCUT2D eigenvalue weighted by molar-refractivity contribution is 9.10. The number of hydrogen-bond acceptors (Lipinski definition) is 1. The van der Waals surface area contributed by atoms with Gasteiger partial charge < -0.3 is 5.73 Å². The highest BCUT2D eigenvalue weighted by Gasteiger charge is 2.10. The lowest BCUT2D eigenvalue weighted by Crippen LogP contribution is -2.24. The summed E-state index contributed by atoms with van der Waals surface area (Å²) in [6.07, 6.45) is 0.649. The largest absolute Gasteiger partial charge is 0.369 e. The Morgan fingerprint density at radius 2 is 2.00 bits per heavy atom. The topological polar surface area (TPSA) is 43.1 Å². The van der Waals surface area contributed by atoms with Gasteiger partial charge in [0.15, 0.2) is 0 Å². The smallest absolute Gasteiger partial charge is 0.231 e. The Labute approximate surface area is 79.9 Å². The molecule has 0 unspecified atom stereocenters. The Balaban J connectivity index is 2.58. The maximum absolute atomic E-state index is 10.7. The maximum atomic E-state index is 10.7. The summed E-state index contributed by atoms with van der Waals surface area (Å²) < 4.78 is 0. The fourth-order valence-electron chi connectivity index (χ4n) is 0.922. The van der Waals surface area contributed by atoms with Gasteiger partial charge in [0.1, 0.15) is 0 Å². The van der Waals surface area contributed by atoms with Crippen molar-refractivity contribution in [3.05, 3.63) is 35.9 Å². The lowest BCUT2D eigenvalue weighted by molar-refractivity contribution is -0.117. The second-order valence-electron chi connectivity index (χ2n) is 2.56. The van der Waals surface area contributed by atoms with Crippen LogP contribution in [0.15, 0.2) is 30.3 Å². The normalized spacial score (nSPS) is 12.4. The van der Waals surface area contributed by atoms with Crippen molar-refractivity contribution in [2.45, 2.75) is 11.2 Å². The van der Waals surface area contributed by atoms with E-state index in [0.717, 1.165) is 5.56 Å². The van der Waals surface area contributed by atoms with E-state index in [-0.39, 0.29) is 10.7 Å². The average Bonchev–Trinajstić information content (AvgIpc) is 2.06. The molecule has 1 aromatic rings. The van der Waals surface area contributed by atoms with Crippen LogP contribution in [0.3, 0.4) is 0 Å². The number of carbonyl (C=O) groups is 1.